The van der Waals surface area contributed by atoms with Gasteiger partial charge in [0.2, 0.25) is 0 Å². The van der Waals surface area contributed by atoms with Crippen LogP contribution < -0.4 is 4.90 Å². The highest BCUT2D eigenvalue weighted by atomic mass is 16.3. The minimum absolute atomic E-state index is 0.115. The largest absolute Gasteiger partial charge is 0.454 e. The van der Waals surface area contributed by atoms with Crippen LogP contribution in [-0.2, 0) is 5.41 Å². The maximum atomic E-state index is 6.35. The van der Waals surface area contributed by atoms with Gasteiger partial charge in [-0.05, 0) is 89.0 Å². The zero-order valence-electron chi connectivity index (χ0n) is 26.7. The molecule has 0 amide bonds. The third-order valence-corrected chi connectivity index (χ3v) is 10.3. The summed E-state index contributed by atoms with van der Waals surface area (Å²) in [6.45, 7) is 4.68. The quantitative estimate of drug-likeness (QED) is 0.197. The monoisotopic (exact) mass is 617 g/mol. The Morgan fingerprint density at radius 3 is 2.15 bits per heavy atom. The first-order chi connectivity index (χ1) is 23.6. The van der Waals surface area contributed by atoms with Crippen LogP contribution in [0.5, 0.6) is 0 Å². The van der Waals surface area contributed by atoms with Gasteiger partial charge in [-0.1, -0.05) is 80.6 Å². The van der Waals surface area contributed by atoms with Crippen LogP contribution in [0.15, 0.2) is 156 Å². The number of anilines is 3. The molecule has 3 heterocycles. The minimum Gasteiger partial charge on any atom is -0.454 e. The lowest BCUT2D eigenvalue weighted by molar-refractivity contribution is 0.660. The topological polar surface area (TPSA) is 34.2 Å². The number of furan rings is 1. The van der Waals surface area contributed by atoms with Gasteiger partial charge in [0.1, 0.15) is 5.58 Å². The van der Waals surface area contributed by atoms with Gasteiger partial charge in [0.15, 0.2) is 5.58 Å². The lowest BCUT2D eigenvalue weighted by atomic mass is 9.82. The normalized spacial score (nSPS) is 13.4. The summed E-state index contributed by atoms with van der Waals surface area (Å²) >= 11 is 0. The van der Waals surface area contributed by atoms with Crippen molar-refractivity contribution < 1.29 is 4.42 Å². The molecule has 3 aromatic heterocycles. The first-order valence-corrected chi connectivity index (χ1v) is 16.5. The minimum atomic E-state index is -0.115. The molecule has 9 aromatic rings. The molecule has 228 valence electrons. The van der Waals surface area contributed by atoms with E-state index in [1.807, 2.05) is 12.3 Å². The Morgan fingerprint density at radius 1 is 0.542 bits per heavy atom. The van der Waals surface area contributed by atoms with Gasteiger partial charge in [0.25, 0.3) is 0 Å². The predicted molar refractivity (Wildman–Crippen MR) is 198 cm³/mol. The van der Waals surface area contributed by atoms with E-state index in [2.05, 4.69) is 162 Å². The van der Waals surface area contributed by atoms with Crippen molar-refractivity contribution >= 4 is 60.8 Å². The zero-order valence-corrected chi connectivity index (χ0v) is 26.7. The summed E-state index contributed by atoms with van der Waals surface area (Å²) in [4.78, 5) is 6.67. The summed E-state index contributed by atoms with van der Waals surface area (Å²) in [5.41, 5.74) is 13.6. The fourth-order valence-electron chi connectivity index (χ4n) is 7.99. The molecule has 0 radical (unpaired) electrons. The van der Waals surface area contributed by atoms with Crippen LogP contribution in [0.1, 0.15) is 25.0 Å². The lowest BCUT2D eigenvalue weighted by Crippen LogP contribution is -2.16. The SMILES string of the molecule is CC1(C)c2ccccc2-c2ccc(N(c3ccc4c(c3)oc3cnccc34)c3ccc4c(c3)c3ccccc3n4-c3ccccc3)cc21. The van der Waals surface area contributed by atoms with E-state index in [-0.39, 0.29) is 5.41 Å². The zero-order chi connectivity index (χ0) is 32.0. The number of fused-ring (bicyclic) bond motifs is 9. The molecule has 1 aliphatic rings. The second-order valence-electron chi connectivity index (χ2n) is 13.3. The van der Waals surface area contributed by atoms with Gasteiger partial charge in [-0.25, -0.2) is 0 Å². The van der Waals surface area contributed by atoms with Crippen molar-refractivity contribution in [2.75, 3.05) is 4.90 Å². The van der Waals surface area contributed by atoms with Gasteiger partial charge >= 0.3 is 0 Å². The van der Waals surface area contributed by atoms with Crippen LogP contribution in [0.2, 0.25) is 0 Å². The van der Waals surface area contributed by atoms with Gasteiger partial charge in [-0.3, -0.25) is 4.98 Å². The highest BCUT2D eigenvalue weighted by Gasteiger charge is 2.35. The van der Waals surface area contributed by atoms with E-state index in [1.54, 1.807) is 6.20 Å². The van der Waals surface area contributed by atoms with Crippen molar-refractivity contribution in [1.82, 2.24) is 9.55 Å². The van der Waals surface area contributed by atoms with Gasteiger partial charge in [-0.15, -0.1) is 0 Å². The Labute approximate surface area is 278 Å². The van der Waals surface area contributed by atoms with Crippen molar-refractivity contribution in [2.24, 2.45) is 0 Å². The Bertz CT molecular complexity index is 2720. The fourth-order valence-corrected chi connectivity index (χ4v) is 7.99. The van der Waals surface area contributed by atoms with Crippen LogP contribution in [-0.4, -0.2) is 9.55 Å². The molecule has 4 nitrogen and oxygen atoms in total. The molecule has 0 unspecified atom stereocenters. The van der Waals surface area contributed by atoms with E-state index in [0.717, 1.165) is 44.7 Å². The Kier molecular flexibility index (Phi) is 5.59. The Hall–Kier alpha value is -6.13. The van der Waals surface area contributed by atoms with E-state index in [9.17, 15) is 0 Å². The first kappa shape index (κ1) is 27.0. The summed E-state index contributed by atoms with van der Waals surface area (Å²) in [6, 6.07) is 50.5. The fraction of sp³-hybridized carbons (Fsp3) is 0.0682. The number of benzene rings is 6. The molecule has 1 aliphatic carbocycles. The molecule has 6 aromatic carbocycles. The van der Waals surface area contributed by atoms with E-state index < -0.39 is 0 Å². The molecule has 0 aliphatic heterocycles. The number of para-hydroxylation sites is 2. The average Bonchev–Trinajstić information content (AvgIpc) is 3.74. The molecule has 48 heavy (non-hydrogen) atoms. The maximum Gasteiger partial charge on any atom is 0.153 e. The van der Waals surface area contributed by atoms with E-state index in [4.69, 9.17) is 4.42 Å². The summed E-state index contributed by atoms with van der Waals surface area (Å²) in [7, 11) is 0. The highest BCUT2D eigenvalue weighted by Crippen LogP contribution is 2.51. The number of pyridine rings is 1. The van der Waals surface area contributed by atoms with Crippen molar-refractivity contribution in [3.05, 3.63) is 163 Å². The van der Waals surface area contributed by atoms with Crippen LogP contribution in [0, 0.1) is 0 Å². The average molecular weight is 618 g/mol. The number of hydrogen-bond donors (Lipinski definition) is 0. The predicted octanol–water partition coefficient (Wildman–Crippen LogP) is 11.9. The maximum absolute atomic E-state index is 6.35. The third-order valence-electron chi connectivity index (χ3n) is 10.3. The molecule has 4 heteroatoms. The van der Waals surface area contributed by atoms with E-state index >= 15 is 0 Å². The van der Waals surface area contributed by atoms with Crippen LogP contribution in [0.4, 0.5) is 17.1 Å². The number of hydrogen-bond acceptors (Lipinski definition) is 3. The molecule has 0 bridgehead atoms. The van der Waals surface area contributed by atoms with Crippen LogP contribution in [0.3, 0.4) is 0 Å². The molecule has 0 saturated heterocycles. The summed E-state index contributed by atoms with van der Waals surface area (Å²) in [5.74, 6) is 0. The van der Waals surface area contributed by atoms with Crippen LogP contribution >= 0.6 is 0 Å². The van der Waals surface area contributed by atoms with Crippen molar-refractivity contribution in [1.29, 1.82) is 0 Å². The first-order valence-electron chi connectivity index (χ1n) is 16.5. The number of nitrogens with zero attached hydrogens (tertiary/aromatic N) is 3. The molecule has 0 saturated carbocycles. The Balaban J connectivity index is 1.22. The molecule has 0 atom stereocenters. The van der Waals surface area contributed by atoms with Gasteiger partial charge in [-0.2, -0.15) is 0 Å². The molecular formula is C44H31N3O. The lowest BCUT2D eigenvalue weighted by Gasteiger charge is -2.28. The van der Waals surface area contributed by atoms with Crippen molar-refractivity contribution in [3.8, 4) is 16.8 Å². The third kappa shape index (κ3) is 3.80. The second kappa shape index (κ2) is 9.93. The molecule has 0 spiro atoms. The highest BCUT2D eigenvalue weighted by molar-refractivity contribution is 6.11. The van der Waals surface area contributed by atoms with Crippen molar-refractivity contribution in [3.63, 3.8) is 0 Å². The molecule has 0 fully saturated rings. The van der Waals surface area contributed by atoms with Gasteiger partial charge in [0.05, 0.1) is 17.2 Å². The second-order valence-corrected chi connectivity index (χ2v) is 13.3. The summed E-state index contributed by atoms with van der Waals surface area (Å²) in [6.07, 6.45) is 3.62. The smallest absolute Gasteiger partial charge is 0.153 e. The number of rotatable bonds is 4. The van der Waals surface area contributed by atoms with Crippen molar-refractivity contribution in [2.45, 2.75) is 19.3 Å². The standard InChI is InChI=1S/C44H31N3O/c1-44(2)38-14-8-6-12-32(38)33-19-16-30(25-39(33)44)46(31-17-20-35-36-22-23-45-27-43(36)48-42(35)26-31)29-18-21-41-37(24-29)34-13-7-9-15-40(34)47(41)28-10-4-3-5-11-28/h3-27H,1-2H3. The van der Waals surface area contributed by atoms with Gasteiger partial charge in [0, 0.05) is 62.0 Å². The van der Waals surface area contributed by atoms with Gasteiger partial charge < -0.3 is 13.9 Å². The van der Waals surface area contributed by atoms with E-state index in [1.165, 1.54) is 44.1 Å². The van der Waals surface area contributed by atoms with E-state index in [0.29, 0.717) is 0 Å². The molecule has 0 N–H and O–H groups in total. The van der Waals surface area contributed by atoms with Crippen LogP contribution in [0.25, 0.3) is 60.6 Å². The number of aromatic nitrogens is 2. The molecular weight excluding hydrogens is 587 g/mol. The Morgan fingerprint density at radius 2 is 1.23 bits per heavy atom. The summed E-state index contributed by atoms with van der Waals surface area (Å²) < 4.78 is 8.72. The molecule has 10 rings (SSSR count). The summed E-state index contributed by atoms with van der Waals surface area (Å²) in [5, 5.41) is 4.60.